The number of nitrogens with one attached hydrogen (secondary N) is 1. The van der Waals surface area contributed by atoms with E-state index in [1.54, 1.807) is 13.3 Å². The first kappa shape index (κ1) is 12.0. The first-order valence-corrected chi connectivity index (χ1v) is 5.38. The second-order valence-corrected chi connectivity index (χ2v) is 3.86. The zero-order chi connectivity index (χ0) is 12.3. The van der Waals surface area contributed by atoms with Crippen LogP contribution in [0.25, 0.3) is 0 Å². The van der Waals surface area contributed by atoms with E-state index in [4.69, 9.17) is 14.7 Å². The van der Waals surface area contributed by atoms with Crippen molar-refractivity contribution in [2.45, 2.75) is 25.2 Å². The van der Waals surface area contributed by atoms with Crippen molar-refractivity contribution in [1.29, 1.82) is 0 Å². The largest absolute Gasteiger partial charge is 0.382 e. The molecule has 1 aliphatic heterocycles. The minimum absolute atomic E-state index is 0.0209. The van der Waals surface area contributed by atoms with Crippen LogP contribution in [-0.4, -0.2) is 34.6 Å². The average molecular weight is 241 g/mol. The molecule has 2 heterocycles. The maximum atomic E-state index is 11.6. The third-order valence-corrected chi connectivity index (χ3v) is 2.69. The monoisotopic (exact) mass is 241 g/mol. The van der Waals surface area contributed by atoms with Crippen LogP contribution in [0.15, 0.2) is 17.1 Å². The van der Waals surface area contributed by atoms with Crippen LogP contribution in [0, 0.1) is 0 Å². The predicted octanol–water partition coefficient (Wildman–Crippen LogP) is 0.368. The van der Waals surface area contributed by atoms with Crippen molar-refractivity contribution in [2.24, 2.45) is 0 Å². The molecular weight excluding hydrogens is 226 g/mol. The Morgan fingerprint density at radius 2 is 2.53 bits per heavy atom. The van der Waals surface area contributed by atoms with Gasteiger partial charge in [-0.1, -0.05) is 0 Å². The molecule has 2 atom stereocenters. The van der Waals surface area contributed by atoms with Gasteiger partial charge in [0, 0.05) is 13.3 Å². The Kier molecular flexibility index (Phi) is 3.72. The maximum Gasteiger partial charge on any atom is 0.351 e. The topological polar surface area (TPSA) is 85.6 Å². The van der Waals surface area contributed by atoms with Crippen LogP contribution in [0.4, 0.5) is 5.82 Å². The summed E-state index contributed by atoms with van der Waals surface area (Å²) in [6.07, 6.45) is 2.87. The highest BCUT2D eigenvalue weighted by Crippen LogP contribution is 2.27. The fraction of sp³-hybridized carbons (Fsp3) is 0.600. The second kappa shape index (κ2) is 5.26. The molecule has 7 heteroatoms. The zero-order valence-corrected chi connectivity index (χ0v) is 9.50. The van der Waals surface area contributed by atoms with Crippen LogP contribution in [0.1, 0.15) is 19.1 Å². The van der Waals surface area contributed by atoms with Crippen LogP contribution in [-0.2, 0) is 9.47 Å². The summed E-state index contributed by atoms with van der Waals surface area (Å²) >= 11 is 0. The summed E-state index contributed by atoms with van der Waals surface area (Å²) in [5, 5.41) is 8.62. The SMILES string of the molecule is COCC1CCC(n2ccc(NO)nc2=O)O1. The third-order valence-electron chi connectivity index (χ3n) is 2.69. The van der Waals surface area contributed by atoms with E-state index in [1.165, 1.54) is 10.6 Å². The van der Waals surface area contributed by atoms with E-state index in [0.717, 1.165) is 12.8 Å². The molecule has 1 aromatic rings. The van der Waals surface area contributed by atoms with Gasteiger partial charge in [-0.3, -0.25) is 15.3 Å². The first-order chi connectivity index (χ1) is 8.24. The smallest absolute Gasteiger partial charge is 0.351 e. The summed E-state index contributed by atoms with van der Waals surface area (Å²) < 4.78 is 12.1. The molecule has 2 N–H and O–H groups in total. The number of rotatable bonds is 4. The Bertz CT molecular complexity index is 434. The van der Waals surface area contributed by atoms with E-state index in [9.17, 15) is 4.79 Å². The summed E-state index contributed by atoms with van der Waals surface area (Å²) in [5.74, 6) is 0.123. The molecule has 0 amide bonds. The van der Waals surface area contributed by atoms with Gasteiger partial charge >= 0.3 is 5.69 Å². The fourth-order valence-electron chi connectivity index (χ4n) is 1.89. The quantitative estimate of drug-likeness (QED) is 0.741. The highest BCUT2D eigenvalue weighted by molar-refractivity contribution is 5.27. The van der Waals surface area contributed by atoms with E-state index in [0.29, 0.717) is 6.61 Å². The van der Waals surface area contributed by atoms with Crippen LogP contribution < -0.4 is 11.2 Å². The minimum Gasteiger partial charge on any atom is -0.382 e. The Hall–Kier alpha value is -1.44. The molecule has 0 spiro atoms. The Balaban J connectivity index is 2.11. The Morgan fingerprint density at radius 1 is 1.71 bits per heavy atom. The van der Waals surface area contributed by atoms with Gasteiger partial charge < -0.3 is 9.47 Å². The van der Waals surface area contributed by atoms with E-state index in [1.807, 2.05) is 5.48 Å². The van der Waals surface area contributed by atoms with Gasteiger partial charge in [-0.25, -0.2) is 4.79 Å². The summed E-state index contributed by atoms with van der Waals surface area (Å²) in [6.45, 7) is 0.523. The fourth-order valence-corrected chi connectivity index (χ4v) is 1.89. The second-order valence-electron chi connectivity index (χ2n) is 3.86. The first-order valence-electron chi connectivity index (χ1n) is 5.38. The molecule has 0 aromatic carbocycles. The molecule has 94 valence electrons. The normalized spacial score (nSPS) is 23.9. The van der Waals surface area contributed by atoms with Crippen molar-refractivity contribution >= 4 is 5.82 Å². The lowest BCUT2D eigenvalue weighted by Crippen LogP contribution is -2.27. The van der Waals surface area contributed by atoms with Gasteiger partial charge in [0.15, 0.2) is 5.82 Å². The number of nitrogens with zero attached hydrogens (tertiary/aromatic N) is 2. The molecule has 0 bridgehead atoms. The van der Waals surface area contributed by atoms with Crippen molar-refractivity contribution in [3.05, 3.63) is 22.7 Å². The predicted molar refractivity (Wildman–Crippen MR) is 58.9 cm³/mol. The maximum absolute atomic E-state index is 11.6. The lowest BCUT2D eigenvalue weighted by atomic mass is 10.2. The van der Waals surface area contributed by atoms with Gasteiger partial charge in [0.1, 0.15) is 6.23 Å². The average Bonchev–Trinajstić information content (AvgIpc) is 2.78. The summed E-state index contributed by atoms with van der Waals surface area (Å²) in [4.78, 5) is 15.3. The molecular formula is C10H15N3O4. The van der Waals surface area contributed by atoms with Gasteiger partial charge in [-0.2, -0.15) is 4.98 Å². The lowest BCUT2D eigenvalue weighted by Gasteiger charge is -2.15. The lowest BCUT2D eigenvalue weighted by molar-refractivity contribution is -0.0335. The number of hydrogen-bond donors (Lipinski definition) is 2. The van der Waals surface area contributed by atoms with Crippen molar-refractivity contribution in [3.8, 4) is 0 Å². The summed E-state index contributed by atoms with van der Waals surface area (Å²) in [7, 11) is 1.62. The molecule has 1 saturated heterocycles. The molecule has 2 rings (SSSR count). The molecule has 0 saturated carbocycles. The van der Waals surface area contributed by atoms with Crippen molar-refractivity contribution in [3.63, 3.8) is 0 Å². The number of aromatic nitrogens is 2. The van der Waals surface area contributed by atoms with Gasteiger partial charge in [0.25, 0.3) is 0 Å². The summed E-state index contributed by atoms with van der Waals surface area (Å²) in [5.41, 5.74) is 1.38. The molecule has 1 aromatic heterocycles. The molecule has 0 radical (unpaired) electrons. The molecule has 17 heavy (non-hydrogen) atoms. The van der Waals surface area contributed by atoms with Crippen molar-refractivity contribution < 1.29 is 14.7 Å². The molecule has 0 aliphatic carbocycles. The molecule has 2 unspecified atom stereocenters. The van der Waals surface area contributed by atoms with Crippen molar-refractivity contribution in [2.75, 3.05) is 19.2 Å². The molecule has 1 aliphatic rings. The van der Waals surface area contributed by atoms with E-state index in [2.05, 4.69) is 4.98 Å². The Morgan fingerprint density at radius 3 is 3.18 bits per heavy atom. The highest BCUT2D eigenvalue weighted by Gasteiger charge is 2.27. The van der Waals surface area contributed by atoms with Gasteiger partial charge in [0.05, 0.1) is 12.7 Å². The number of ether oxygens (including phenoxy) is 2. The van der Waals surface area contributed by atoms with Gasteiger partial charge in [-0.15, -0.1) is 0 Å². The van der Waals surface area contributed by atoms with E-state index >= 15 is 0 Å². The third kappa shape index (κ3) is 2.63. The van der Waals surface area contributed by atoms with Crippen LogP contribution in [0.3, 0.4) is 0 Å². The van der Waals surface area contributed by atoms with Crippen LogP contribution in [0.5, 0.6) is 0 Å². The van der Waals surface area contributed by atoms with Gasteiger partial charge in [0.2, 0.25) is 0 Å². The van der Waals surface area contributed by atoms with E-state index < -0.39 is 5.69 Å². The molecule has 1 fully saturated rings. The van der Waals surface area contributed by atoms with Crippen LogP contribution >= 0.6 is 0 Å². The summed E-state index contributed by atoms with van der Waals surface area (Å²) in [6, 6.07) is 1.51. The van der Waals surface area contributed by atoms with Crippen molar-refractivity contribution in [1.82, 2.24) is 9.55 Å². The number of anilines is 1. The van der Waals surface area contributed by atoms with Gasteiger partial charge in [-0.05, 0) is 18.9 Å². The number of hydrogen-bond acceptors (Lipinski definition) is 6. The standard InChI is InChI=1S/C10H15N3O4/c1-16-6-7-2-3-9(17-7)13-5-4-8(12-15)11-10(13)14/h4-5,7,9,15H,2-3,6H2,1H3,(H,11,12,14). The molecule has 7 nitrogen and oxygen atoms in total. The highest BCUT2D eigenvalue weighted by atomic mass is 16.5. The zero-order valence-electron chi connectivity index (χ0n) is 9.50. The number of methoxy groups -OCH3 is 1. The van der Waals surface area contributed by atoms with Crippen LogP contribution in [0.2, 0.25) is 0 Å². The minimum atomic E-state index is -0.452. The van der Waals surface area contributed by atoms with E-state index in [-0.39, 0.29) is 18.1 Å². The Labute approximate surface area is 98.0 Å².